The minimum atomic E-state index is -3.51. The largest absolute Gasteiger partial charge is 0.292 e. The van der Waals surface area contributed by atoms with Gasteiger partial charge in [-0.3, -0.25) is 18.7 Å². The number of hydrogen-bond donors (Lipinski definition) is 0. The van der Waals surface area contributed by atoms with E-state index in [0.717, 1.165) is 17.3 Å². The van der Waals surface area contributed by atoms with Gasteiger partial charge in [0.1, 0.15) is 17.1 Å². The van der Waals surface area contributed by atoms with Gasteiger partial charge in [-0.25, -0.2) is 23.4 Å². The molecule has 0 radical (unpaired) electrons. The van der Waals surface area contributed by atoms with E-state index in [4.69, 9.17) is 0 Å². The number of nitrogens with zero attached hydrogens (tertiary/aromatic N) is 6. The van der Waals surface area contributed by atoms with Crippen LogP contribution in [0.3, 0.4) is 0 Å². The number of aromatic nitrogens is 6. The number of sulfone groups is 1. The first-order chi connectivity index (χ1) is 16.3. The Bertz CT molecular complexity index is 1700. The molecule has 0 fully saturated rings. The second-order valence-electron chi connectivity index (χ2n) is 7.78. The zero-order chi connectivity index (χ0) is 26.2. The lowest BCUT2D eigenvalue weighted by molar-refractivity contribution is 0.592. The van der Waals surface area contributed by atoms with Crippen molar-refractivity contribution in [2.45, 2.75) is 52.9 Å². The molecule has 4 aromatic heterocycles. The molecule has 0 aliphatic rings. The quantitative estimate of drug-likeness (QED) is 0.316. The van der Waals surface area contributed by atoms with Gasteiger partial charge in [0.05, 0.1) is 20.3 Å². The van der Waals surface area contributed by atoms with E-state index >= 15 is 0 Å². The van der Waals surface area contributed by atoms with E-state index in [2.05, 4.69) is 51.8 Å². The van der Waals surface area contributed by atoms with Crippen LogP contribution >= 0.6 is 31.9 Å². The fraction of sp³-hybridized carbons (Fsp3) is 0.364. The van der Waals surface area contributed by atoms with E-state index in [-0.39, 0.29) is 16.3 Å². The Morgan fingerprint density at radius 1 is 0.771 bits per heavy atom. The summed E-state index contributed by atoms with van der Waals surface area (Å²) in [7, 11) is -3.51. The molecule has 4 rings (SSSR count). The highest BCUT2D eigenvalue weighted by atomic mass is 79.9. The predicted molar refractivity (Wildman–Crippen MR) is 142 cm³/mol. The number of pyridine rings is 2. The second kappa shape index (κ2) is 10.2. The molecule has 0 amide bonds. The van der Waals surface area contributed by atoms with Crippen molar-refractivity contribution in [3.63, 3.8) is 0 Å². The third-order valence-electron chi connectivity index (χ3n) is 5.24. The van der Waals surface area contributed by atoms with Crippen LogP contribution in [-0.4, -0.2) is 43.7 Å². The third kappa shape index (κ3) is 5.36. The van der Waals surface area contributed by atoms with Gasteiger partial charge in [-0.15, -0.1) is 0 Å². The van der Waals surface area contributed by atoms with Crippen molar-refractivity contribution in [2.24, 2.45) is 0 Å². The number of halogens is 2. The molecule has 4 heterocycles. The Hall–Kier alpha value is -2.51. The summed E-state index contributed by atoms with van der Waals surface area (Å²) in [5.74, 6) is 0.689. The van der Waals surface area contributed by atoms with Gasteiger partial charge < -0.3 is 0 Å². The number of fused-ring (bicyclic) bond motifs is 2. The predicted octanol–water partition coefficient (Wildman–Crippen LogP) is 3.48. The summed E-state index contributed by atoms with van der Waals surface area (Å²) in [6.45, 7) is 10.2. The van der Waals surface area contributed by atoms with Gasteiger partial charge in [-0.1, -0.05) is 0 Å². The summed E-state index contributed by atoms with van der Waals surface area (Å²) in [5, 5.41) is 1.31. The minimum absolute atomic E-state index is 0.0486. The summed E-state index contributed by atoms with van der Waals surface area (Å²) < 4.78 is 27.1. The summed E-state index contributed by atoms with van der Waals surface area (Å²) in [6.07, 6.45) is 1.04. The van der Waals surface area contributed by atoms with Gasteiger partial charge in [0.2, 0.25) is 15.0 Å². The Morgan fingerprint density at radius 3 is 1.63 bits per heavy atom. The molecule has 10 nitrogen and oxygen atoms in total. The van der Waals surface area contributed by atoms with Crippen molar-refractivity contribution in [3.05, 3.63) is 59.0 Å². The van der Waals surface area contributed by atoms with Crippen molar-refractivity contribution < 1.29 is 8.42 Å². The molecule has 0 bridgehead atoms. The minimum Gasteiger partial charge on any atom is -0.292 e. The molecule has 0 aliphatic carbocycles. The highest BCUT2D eigenvalue weighted by Crippen LogP contribution is 2.20. The summed E-state index contributed by atoms with van der Waals surface area (Å²) in [5.41, 5.74) is 2.17. The molecule has 0 atom stereocenters. The molecular formula is C22H24Br2N6O4S. The SMILES string of the molecule is CCn1c(=O)c(Br)cc2c(C)nc(C)nc21.CCn1c(=O)c(Br)cc2c(C)nc(S(C)(=O)=O)nc21. The Morgan fingerprint density at radius 2 is 1.20 bits per heavy atom. The lowest BCUT2D eigenvalue weighted by Gasteiger charge is -2.10. The van der Waals surface area contributed by atoms with Crippen molar-refractivity contribution in [1.82, 2.24) is 29.1 Å². The van der Waals surface area contributed by atoms with Crippen LogP contribution in [0.1, 0.15) is 31.1 Å². The first-order valence-electron chi connectivity index (χ1n) is 10.6. The molecule has 0 spiro atoms. The van der Waals surface area contributed by atoms with E-state index in [0.29, 0.717) is 50.2 Å². The Balaban J connectivity index is 0.000000198. The summed E-state index contributed by atoms with van der Waals surface area (Å²) in [6, 6.07) is 3.41. The fourth-order valence-corrected chi connectivity index (χ4v) is 5.01. The zero-order valence-corrected chi connectivity index (χ0v) is 24.0. The van der Waals surface area contributed by atoms with Crippen LogP contribution < -0.4 is 11.1 Å². The third-order valence-corrected chi connectivity index (χ3v) is 7.22. The molecule has 0 aromatic carbocycles. The van der Waals surface area contributed by atoms with Gasteiger partial charge in [0.15, 0.2) is 0 Å². The van der Waals surface area contributed by atoms with Crippen LogP contribution in [-0.2, 0) is 22.9 Å². The van der Waals surface area contributed by atoms with E-state index in [1.54, 1.807) is 30.5 Å². The van der Waals surface area contributed by atoms with Crippen molar-refractivity contribution in [1.29, 1.82) is 0 Å². The maximum atomic E-state index is 12.0. The van der Waals surface area contributed by atoms with E-state index in [1.165, 1.54) is 4.57 Å². The second-order valence-corrected chi connectivity index (χ2v) is 11.4. The standard InChI is InChI=1S/C11H12BrN3O3S.C11H12BrN3O/c1-4-15-9-7(5-8(12)10(15)16)6(2)13-11(14-9)19(3,17)18;1-4-15-10-8(5-9(12)11(15)16)6(2)13-7(3)14-10/h5H,4H2,1-3H3;5H,4H2,1-3H3. The smallest absolute Gasteiger partial charge is 0.266 e. The molecule has 13 heteroatoms. The maximum absolute atomic E-state index is 12.0. The van der Waals surface area contributed by atoms with Crippen LogP contribution in [0, 0.1) is 20.8 Å². The fourth-order valence-electron chi connectivity index (χ4n) is 3.57. The molecule has 0 saturated heterocycles. The normalized spacial score (nSPS) is 11.5. The van der Waals surface area contributed by atoms with E-state index in [1.807, 2.05) is 20.8 Å². The summed E-state index contributed by atoms with van der Waals surface area (Å²) in [4.78, 5) is 40.5. The van der Waals surface area contributed by atoms with E-state index < -0.39 is 9.84 Å². The van der Waals surface area contributed by atoms with Gasteiger partial charge >= 0.3 is 0 Å². The molecular weight excluding hydrogens is 604 g/mol. The van der Waals surface area contributed by atoms with Crippen LogP contribution in [0.5, 0.6) is 0 Å². The van der Waals surface area contributed by atoms with Gasteiger partial charge in [0, 0.05) is 30.1 Å². The topological polar surface area (TPSA) is 130 Å². The van der Waals surface area contributed by atoms with Crippen molar-refractivity contribution in [3.8, 4) is 0 Å². The van der Waals surface area contributed by atoms with Crippen LogP contribution in [0.4, 0.5) is 0 Å². The van der Waals surface area contributed by atoms with Crippen molar-refractivity contribution >= 4 is 63.8 Å². The number of aryl methyl sites for hydroxylation is 5. The van der Waals surface area contributed by atoms with Crippen LogP contribution in [0.15, 0.2) is 35.8 Å². The maximum Gasteiger partial charge on any atom is 0.266 e. The molecule has 0 saturated carbocycles. The molecule has 0 N–H and O–H groups in total. The first kappa shape index (κ1) is 27.1. The molecule has 0 aliphatic heterocycles. The monoisotopic (exact) mass is 626 g/mol. The van der Waals surface area contributed by atoms with Crippen molar-refractivity contribution in [2.75, 3.05) is 6.26 Å². The van der Waals surface area contributed by atoms with Gasteiger partial charge in [0.25, 0.3) is 11.1 Å². The highest BCUT2D eigenvalue weighted by molar-refractivity contribution is 9.10. The number of rotatable bonds is 3. The molecule has 35 heavy (non-hydrogen) atoms. The first-order valence-corrected chi connectivity index (χ1v) is 14.1. The highest BCUT2D eigenvalue weighted by Gasteiger charge is 2.17. The Kier molecular flexibility index (Phi) is 7.92. The van der Waals surface area contributed by atoms with E-state index in [9.17, 15) is 18.0 Å². The molecule has 186 valence electrons. The lowest BCUT2D eigenvalue weighted by Crippen LogP contribution is -2.22. The average molecular weight is 628 g/mol. The molecule has 0 unspecified atom stereocenters. The van der Waals surface area contributed by atoms with Gasteiger partial charge in [-0.2, -0.15) is 4.98 Å². The van der Waals surface area contributed by atoms with Crippen LogP contribution in [0.2, 0.25) is 0 Å². The van der Waals surface area contributed by atoms with Crippen LogP contribution in [0.25, 0.3) is 22.1 Å². The lowest BCUT2D eigenvalue weighted by atomic mass is 10.2. The Labute approximate surface area is 218 Å². The summed E-state index contributed by atoms with van der Waals surface area (Å²) >= 11 is 6.46. The van der Waals surface area contributed by atoms with Gasteiger partial charge in [-0.05, 0) is 78.6 Å². The zero-order valence-electron chi connectivity index (χ0n) is 20.0. The number of hydrogen-bond acceptors (Lipinski definition) is 8. The molecule has 4 aromatic rings. The average Bonchev–Trinajstić information content (AvgIpc) is 2.77.